The molecule has 0 saturated heterocycles. The van der Waals surface area contributed by atoms with Crippen LogP contribution in [0.15, 0.2) is 42.5 Å². The topological polar surface area (TPSA) is 101 Å². The van der Waals surface area contributed by atoms with E-state index >= 15 is 0 Å². The Bertz CT molecular complexity index is 645. The van der Waals surface area contributed by atoms with Crippen molar-refractivity contribution >= 4 is 11.9 Å². The van der Waals surface area contributed by atoms with Gasteiger partial charge in [-0.1, -0.05) is 30.3 Å². The van der Waals surface area contributed by atoms with E-state index in [1.165, 1.54) is 18.2 Å². The van der Waals surface area contributed by atoms with E-state index in [0.29, 0.717) is 12.1 Å². The third-order valence-electron chi connectivity index (χ3n) is 3.28. The van der Waals surface area contributed by atoms with Gasteiger partial charge in [-0.3, -0.25) is 0 Å². The largest absolute Gasteiger partial charge is 0.478 e. The Labute approximate surface area is 121 Å². The van der Waals surface area contributed by atoms with Crippen LogP contribution in [0, 0.1) is 0 Å². The van der Waals surface area contributed by atoms with Gasteiger partial charge in [0.1, 0.15) is 0 Å². The van der Waals surface area contributed by atoms with Gasteiger partial charge in [0.2, 0.25) is 0 Å². The smallest absolute Gasteiger partial charge is 0.336 e. The zero-order valence-electron chi connectivity index (χ0n) is 11.2. The fourth-order valence-electron chi connectivity index (χ4n) is 2.18. The van der Waals surface area contributed by atoms with Gasteiger partial charge in [0.05, 0.1) is 11.1 Å². The number of aromatic carboxylic acids is 2. The number of hydrogen-bond acceptors (Lipinski definition) is 3. The van der Waals surface area contributed by atoms with Crippen LogP contribution in [0.2, 0.25) is 0 Å². The van der Waals surface area contributed by atoms with Gasteiger partial charge >= 0.3 is 11.9 Å². The van der Waals surface area contributed by atoms with Crippen molar-refractivity contribution in [2.45, 2.75) is 13.0 Å². The molecule has 0 spiro atoms. The summed E-state index contributed by atoms with van der Waals surface area (Å²) < 4.78 is 0. The van der Waals surface area contributed by atoms with Crippen LogP contribution in [-0.2, 0) is 13.0 Å². The lowest BCUT2D eigenvalue weighted by molar-refractivity contribution is 0.0696. The SMILES string of the molecule is NCc1ccc(Cc2c(C(=O)O)cccc2C(=O)O)cc1. The average molecular weight is 285 g/mol. The van der Waals surface area contributed by atoms with Gasteiger partial charge in [-0.25, -0.2) is 9.59 Å². The molecule has 2 aromatic rings. The third-order valence-corrected chi connectivity index (χ3v) is 3.28. The lowest BCUT2D eigenvalue weighted by atomic mass is 9.94. The van der Waals surface area contributed by atoms with Gasteiger partial charge in [0.15, 0.2) is 0 Å². The fourth-order valence-corrected chi connectivity index (χ4v) is 2.18. The van der Waals surface area contributed by atoms with Crippen LogP contribution in [0.3, 0.4) is 0 Å². The zero-order chi connectivity index (χ0) is 15.4. The summed E-state index contributed by atoms with van der Waals surface area (Å²) in [5.41, 5.74) is 7.65. The van der Waals surface area contributed by atoms with Crippen LogP contribution in [0.25, 0.3) is 0 Å². The molecular formula is C16H15NO4. The summed E-state index contributed by atoms with van der Waals surface area (Å²) in [4.78, 5) is 22.6. The predicted molar refractivity (Wildman–Crippen MR) is 77.5 cm³/mol. The highest BCUT2D eigenvalue weighted by Crippen LogP contribution is 2.20. The van der Waals surface area contributed by atoms with Crippen LogP contribution in [-0.4, -0.2) is 22.2 Å². The standard InChI is InChI=1S/C16H15NO4/c17-9-11-6-4-10(5-7-11)8-14-12(15(18)19)2-1-3-13(14)16(20)21/h1-7H,8-9,17H2,(H,18,19)(H,20,21). The van der Waals surface area contributed by atoms with Crippen LogP contribution in [0.1, 0.15) is 37.4 Å². The summed E-state index contributed by atoms with van der Waals surface area (Å²) in [5, 5.41) is 18.4. The van der Waals surface area contributed by atoms with E-state index < -0.39 is 11.9 Å². The molecule has 0 fully saturated rings. The van der Waals surface area contributed by atoms with E-state index in [9.17, 15) is 19.8 Å². The first kappa shape index (κ1) is 14.7. The molecule has 0 aliphatic rings. The summed E-state index contributed by atoms with van der Waals surface area (Å²) in [6.07, 6.45) is 0.245. The minimum absolute atomic E-state index is 0.0119. The molecule has 5 heteroatoms. The van der Waals surface area contributed by atoms with Crippen molar-refractivity contribution in [3.8, 4) is 0 Å². The summed E-state index contributed by atoms with van der Waals surface area (Å²) >= 11 is 0. The normalized spacial score (nSPS) is 10.3. The molecule has 0 heterocycles. The van der Waals surface area contributed by atoms with Crippen LogP contribution >= 0.6 is 0 Å². The van der Waals surface area contributed by atoms with Crippen molar-refractivity contribution in [1.29, 1.82) is 0 Å². The second kappa shape index (κ2) is 6.19. The van der Waals surface area contributed by atoms with E-state index in [1.54, 1.807) is 0 Å². The maximum Gasteiger partial charge on any atom is 0.336 e. The number of benzene rings is 2. The second-order valence-electron chi connectivity index (χ2n) is 4.64. The van der Waals surface area contributed by atoms with Crippen LogP contribution in [0.4, 0.5) is 0 Å². The molecule has 0 unspecified atom stereocenters. The lowest BCUT2D eigenvalue weighted by Crippen LogP contribution is -2.10. The first-order valence-electron chi connectivity index (χ1n) is 6.39. The molecule has 0 amide bonds. The Morgan fingerprint density at radius 2 is 1.33 bits per heavy atom. The Morgan fingerprint density at radius 1 is 0.857 bits per heavy atom. The Kier molecular flexibility index (Phi) is 4.35. The van der Waals surface area contributed by atoms with Gasteiger partial charge in [0, 0.05) is 6.54 Å². The highest BCUT2D eigenvalue weighted by molar-refractivity contribution is 5.96. The predicted octanol–water partition coefficient (Wildman–Crippen LogP) is 2.13. The molecule has 2 rings (SSSR count). The second-order valence-corrected chi connectivity index (χ2v) is 4.64. The number of carbonyl (C=O) groups is 2. The summed E-state index contributed by atoms with van der Waals surface area (Å²) in [6, 6.07) is 11.6. The van der Waals surface area contributed by atoms with Gasteiger partial charge in [-0.05, 0) is 35.2 Å². The monoisotopic (exact) mass is 285 g/mol. The van der Waals surface area contributed by atoms with Crippen LogP contribution < -0.4 is 5.73 Å². The van der Waals surface area contributed by atoms with Crippen molar-refractivity contribution in [2.24, 2.45) is 5.73 Å². The summed E-state index contributed by atoms with van der Waals surface area (Å²) in [5.74, 6) is -2.27. The molecule has 21 heavy (non-hydrogen) atoms. The third kappa shape index (κ3) is 3.27. The molecule has 0 radical (unpaired) electrons. The molecule has 0 saturated carbocycles. The van der Waals surface area contributed by atoms with Gasteiger partial charge in [-0.15, -0.1) is 0 Å². The highest BCUT2D eigenvalue weighted by atomic mass is 16.4. The fraction of sp³-hybridized carbons (Fsp3) is 0.125. The van der Waals surface area contributed by atoms with E-state index in [0.717, 1.165) is 11.1 Å². The number of carboxylic acids is 2. The van der Waals surface area contributed by atoms with Crippen molar-refractivity contribution in [3.05, 3.63) is 70.3 Å². The maximum atomic E-state index is 11.3. The van der Waals surface area contributed by atoms with Crippen molar-refractivity contribution < 1.29 is 19.8 Å². The van der Waals surface area contributed by atoms with E-state index in [-0.39, 0.29) is 17.5 Å². The van der Waals surface area contributed by atoms with Gasteiger partial charge < -0.3 is 15.9 Å². The van der Waals surface area contributed by atoms with E-state index in [1.807, 2.05) is 24.3 Å². The molecule has 0 bridgehead atoms. The minimum Gasteiger partial charge on any atom is -0.478 e. The zero-order valence-corrected chi connectivity index (χ0v) is 11.2. The molecule has 4 N–H and O–H groups in total. The molecule has 2 aromatic carbocycles. The van der Waals surface area contributed by atoms with Crippen molar-refractivity contribution in [3.63, 3.8) is 0 Å². The Balaban J connectivity index is 2.45. The first-order chi connectivity index (χ1) is 10.0. The van der Waals surface area contributed by atoms with E-state index in [2.05, 4.69) is 0 Å². The average Bonchev–Trinajstić information content (AvgIpc) is 2.47. The number of nitrogens with two attached hydrogens (primary N) is 1. The molecule has 0 aromatic heterocycles. The molecule has 5 nitrogen and oxygen atoms in total. The quantitative estimate of drug-likeness (QED) is 0.781. The van der Waals surface area contributed by atoms with Gasteiger partial charge in [-0.2, -0.15) is 0 Å². The molecule has 0 aliphatic carbocycles. The summed E-state index contributed by atoms with van der Waals surface area (Å²) in [6.45, 7) is 0.423. The highest BCUT2D eigenvalue weighted by Gasteiger charge is 2.18. The van der Waals surface area contributed by atoms with E-state index in [4.69, 9.17) is 5.73 Å². The Hall–Kier alpha value is -2.66. The summed E-state index contributed by atoms with van der Waals surface area (Å²) in [7, 11) is 0. The molecule has 0 atom stereocenters. The first-order valence-corrected chi connectivity index (χ1v) is 6.39. The molecule has 108 valence electrons. The Morgan fingerprint density at radius 3 is 1.76 bits per heavy atom. The minimum atomic E-state index is -1.13. The lowest BCUT2D eigenvalue weighted by Gasteiger charge is -2.10. The number of carboxylic acid groups (broad SMARTS) is 2. The van der Waals surface area contributed by atoms with Gasteiger partial charge in [0.25, 0.3) is 0 Å². The molecule has 0 aliphatic heterocycles. The number of rotatable bonds is 5. The van der Waals surface area contributed by atoms with Crippen molar-refractivity contribution in [2.75, 3.05) is 0 Å². The maximum absolute atomic E-state index is 11.3. The van der Waals surface area contributed by atoms with Crippen LogP contribution in [0.5, 0.6) is 0 Å². The number of hydrogen-bond donors (Lipinski definition) is 3. The van der Waals surface area contributed by atoms with Crippen molar-refractivity contribution in [1.82, 2.24) is 0 Å². The molecular weight excluding hydrogens is 270 g/mol.